The van der Waals surface area contributed by atoms with Crippen LogP contribution in [0.25, 0.3) is 10.9 Å². The minimum absolute atomic E-state index is 0.291. The topological polar surface area (TPSA) is 115 Å². The SMILES string of the molecule is COc1cc2nc(N3CCc4c(ncnc4N4CCOCC4)C3)[nH]c(=O)c2c(OC)c1OC. The van der Waals surface area contributed by atoms with Crippen molar-refractivity contribution >= 4 is 22.7 Å². The average molecular weight is 454 g/mol. The first-order chi connectivity index (χ1) is 16.1. The molecule has 0 bridgehead atoms. The van der Waals surface area contributed by atoms with Gasteiger partial charge in [0.1, 0.15) is 17.5 Å². The third-order valence-electron chi connectivity index (χ3n) is 6.08. The molecule has 2 aromatic heterocycles. The Bertz CT molecular complexity index is 1240. The number of morpholine rings is 1. The fourth-order valence-corrected chi connectivity index (χ4v) is 4.47. The van der Waals surface area contributed by atoms with Crippen LogP contribution in [-0.4, -0.2) is 74.1 Å². The van der Waals surface area contributed by atoms with E-state index in [1.165, 1.54) is 21.3 Å². The van der Waals surface area contributed by atoms with Crippen molar-refractivity contribution in [3.8, 4) is 17.2 Å². The Hall–Kier alpha value is -3.60. The average Bonchev–Trinajstić information content (AvgIpc) is 2.87. The molecule has 4 heterocycles. The first-order valence-corrected chi connectivity index (χ1v) is 10.8. The van der Waals surface area contributed by atoms with E-state index in [-0.39, 0.29) is 5.56 Å². The lowest BCUT2D eigenvalue weighted by Crippen LogP contribution is -2.39. The van der Waals surface area contributed by atoms with Gasteiger partial charge in [-0.25, -0.2) is 15.0 Å². The van der Waals surface area contributed by atoms with Crippen molar-refractivity contribution in [3.05, 3.63) is 34.0 Å². The number of hydrogen-bond donors (Lipinski definition) is 1. The third-order valence-corrected chi connectivity index (χ3v) is 6.08. The van der Waals surface area contributed by atoms with Gasteiger partial charge in [-0.05, 0) is 6.42 Å². The van der Waals surface area contributed by atoms with Gasteiger partial charge in [0.15, 0.2) is 11.5 Å². The predicted octanol–water partition coefficient (Wildman–Crippen LogP) is 1.14. The molecule has 0 radical (unpaired) electrons. The molecule has 1 saturated heterocycles. The quantitative estimate of drug-likeness (QED) is 0.602. The summed E-state index contributed by atoms with van der Waals surface area (Å²) in [6.45, 7) is 4.24. The molecule has 0 amide bonds. The maximum Gasteiger partial charge on any atom is 0.264 e. The van der Waals surface area contributed by atoms with Gasteiger partial charge in [-0.2, -0.15) is 0 Å². The monoisotopic (exact) mass is 454 g/mol. The Labute approximate surface area is 190 Å². The van der Waals surface area contributed by atoms with Crippen LogP contribution in [0.4, 0.5) is 11.8 Å². The fraction of sp³-hybridized carbons (Fsp3) is 0.455. The number of nitrogens with zero attached hydrogens (tertiary/aromatic N) is 5. The highest BCUT2D eigenvalue weighted by atomic mass is 16.5. The number of anilines is 2. The van der Waals surface area contributed by atoms with E-state index in [0.717, 1.165) is 36.6 Å². The Morgan fingerprint density at radius 3 is 2.52 bits per heavy atom. The Morgan fingerprint density at radius 1 is 1.00 bits per heavy atom. The second-order valence-electron chi connectivity index (χ2n) is 7.82. The van der Waals surface area contributed by atoms with Gasteiger partial charge in [0.05, 0.1) is 52.3 Å². The molecule has 11 heteroatoms. The zero-order valence-electron chi connectivity index (χ0n) is 18.9. The van der Waals surface area contributed by atoms with Crippen molar-refractivity contribution in [2.75, 3.05) is 64.0 Å². The van der Waals surface area contributed by atoms with Crippen molar-refractivity contribution in [2.24, 2.45) is 0 Å². The summed E-state index contributed by atoms with van der Waals surface area (Å²) < 4.78 is 21.8. The molecule has 0 atom stereocenters. The molecule has 11 nitrogen and oxygen atoms in total. The van der Waals surface area contributed by atoms with E-state index < -0.39 is 0 Å². The number of benzene rings is 1. The summed E-state index contributed by atoms with van der Waals surface area (Å²) in [4.78, 5) is 34.0. The van der Waals surface area contributed by atoms with Gasteiger partial charge in [0.2, 0.25) is 11.7 Å². The van der Waals surface area contributed by atoms with Crippen LogP contribution >= 0.6 is 0 Å². The van der Waals surface area contributed by atoms with E-state index in [4.69, 9.17) is 23.9 Å². The number of H-pyrrole nitrogens is 1. The molecule has 2 aliphatic rings. The molecule has 0 saturated carbocycles. The minimum atomic E-state index is -0.310. The van der Waals surface area contributed by atoms with Crippen LogP contribution < -0.4 is 29.6 Å². The summed E-state index contributed by atoms with van der Waals surface area (Å²) in [6, 6.07) is 1.69. The number of aromatic nitrogens is 4. The van der Waals surface area contributed by atoms with Gasteiger partial charge in [-0.1, -0.05) is 0 Å². The lowest BCUT2D eigenvalue weighted by molar-refractivity contribution is 0.122. The minimum Gasteiger partial charge on any atom is -0.493 e. The first-order valence-electron chi connectivity index (χ1n) is 10.8. The van der Waals surface area contributed by atoms with E-state index in [9.17, 15) is 4.79 Å². The highest BCUT2D eigenvalue weighted by Gasteiger charge is 2.27. The zero-order chi connectivity index (χ0) is 22.9. The molecule has 0 aliphatic carbocycles. The number of rotatable bonds is 5. The lowest BCUT2D eigenvalue weighted by Gasteiger charge is -2.33. The van der Waals surface area contributed by atoms with Crippen LogP contribution in [0.3, 0.4) is 0 Å². The van der Waals surface area contributed by atoms with Gasteiger partial charge in [-0.15, -0.1) is 0 Å². The van der Waals surface area contributed by atoms with E-state index in [2.05, 4.69) is 19.9 Å². The van der Waals surface area contributed by atoms with Gasteiger partial charge < -0.3 is 28.7 Å². The molecule has 3 aromatic rings. The van der Waals surface area contributed by atoms with Crippen molar-refractivity contribution in [3.63, 3.8) is 0 Å². The van der Waals surface area contributed by atoms with Crippen molar-refractivity contribution < 1.29 is 18.9 Å². The highest BCUT2D eigenvalue weighted by Crippen LogP contribution is 2.41. The van der Waals surface area contributed by atoms with Gasteiger partial charge in [0.25, 0.3) is 5.56 Å². The van der Waals surface area contributed by atoms with Gasteiger partial charge in [0, 0.05) is 31.3 Å². The largest absolute Gasteiger partial charge is 0.493 e. The Balaban J connectivity index is 1.52. The molecule has 0 spiro atoms. The van der Waals surface area contributed by atoms with E-state index in [0.29, 0.717) is 60.4 Å². The Morgan fingerprint density at radius 2 is 1.79 bits per heavy atom. The van der Waals surface area contributed by atoms with Crippen molar-refractivity contribution in [1.29, 1.82) is 0 Å². The number of fused-ring (bicyclic) bond motifs is 2. The molecule has 33 heavy (non-hydrogen) atoms. The van der Waals surface area contributed by atoms with E-state index in [1.807, 2.05) is 4.90 Å². The highest BCUT2D eigenvalue weighted by molar-refractivity contribution is 5.90. The predicted molar refractivity (Wildman–Crippen MR) is 122 cm³/mol. The molecule has 5 rings (SSSR count). The van der Waals surface area contributed by atoms with Crippen LogP contribution in [0, 0.1) is 0 Å². The van der Waals surface area contributed by atoms with Crippen molar-refractivity contribution in [2.45, 2.75) is 13.0 Å². The molecule has 0 unspecified atom stereocenters. The molecule has 1 aromatic carbocycles. The summed E-state index contributed by atoms with van der Waals surface area (Å²) in [5.41, 5.74) is 2.23. The van der Waals surface area contributed by atoms with Crippen molar-refractivity contribution in [1.82, 2.24) is 19.9 Å². The molecule has 2 aliphatic heterocycles. The van der Waals surface area contributed by atoms with Crippen LogP contribution in [0.5, 0.6) is 17.2 Å². The second-order valence-corrected chi connectivity index (χ2v) is 7.82. The van der Waals surface area contributed by atoms with Crippen LogP contribution in [-0.2, 0) is 17.7 Å². The third kappa shape index (κ3) is 3.67. The molecule has 1 N–H and O–H groups in total. The maximum absolute atomic E-state index is 13.1. The zero-order valence-corrected chi connectivity index (χ0v) is 18.9. The summed E-state index contributed by atoms with van der Waals surface area (Å²) in [6.07, 6.45) is 2.35. The van der Waals surface area contributed by atoms with E-state index in [1.54, 1.807) is 12.4 Å². The smallest absolute Gasteiger partial charge is 0.264 e. The van der Waals surface area contributed by atoms with Crippen LogP contribution in [0.2, 0.25) is 0 Å². The maximum atomic E-state index is 13.1. The lowest BCUT2D eigenvalue weighted by atomic mass is 10.1. The van der Waals surface area contributed by atoms with E-state index >= 15 is 0 Å². The van der Waals surface area contributed by atoms with Gasteiger partial charge in [-0.3, -0.25) is 9.78 Å². The fourth-order valence-electron chi connectivity index (χ4n) is 4.47. The molecular formula is C22H26N6O5. The first kappa shape index (κ1) is 21.3. The number of aromatic amines is 1. The normalized spacial score (nSPS) is 16.0. The number of hydrogen-bond acceptors (Lipinski definition) is 10. The van der Waals surface area contributed by atoms with Crippen LogP contribution in [0.1, 0.15) is 11.3 Å². The number of methoxy groups -OCH3 is 3. The van der Waals surface area contributed by atoms with Gasteiger partial charge >= 0.3 is 0 Å². The second kappa shape index (κ2) is 8.74. The Kier molecular flexibility index (Phi) is 5.63. The summed E-state index contributed by atoms with van der Waals surface area (Å²) in [5, 5.41) is 0.313. The number of nitrogens with one attached hydrogen (secondary N) is 1. The van der Waals surface area contributed by atoms with Crippen LogP contribution in [0.15, 0.2) is 17.2 Å². The standard InChI is InChI=1S/C22H26N6O5/c1-30-16-10-14-17(19(32-3)18(16)31-2)21(29)26-22(25-14)28-5-4-13-15(11-28)23-12-24-20(13)27-6-8-33-9-7-27/h10,12H,4-9,11H2,1-3H3,(H,25,26,29). The molecule has 174 valence electrons. The number of ether oxygens (including phenoxy) is 4. The molecular weight excluding hydrogens is 428 g/mol. The summed E-state index contributed by atoms with van der Waals surface area (Å²) in [5.74, 6) is 2.53. The molecule has 1 fully saturated rings. The summed E-state index contributed by atoms with van der Waals surface area (Å²) in [7, 11) is 4.52. The summed E-state index contributed by atoms with van der Waals surface area (Å²) >= 11 is 0.